The molecule has 0 saturated carbocycles. The van der Waals surface area contributed by atoms with Crippen LogP contribution in [0, 0.1) is 11.3 Å². The van der Waals surface area contributed by atoms with E-state index in [1.54, 1.807) is 0 Å². The first-order chi connectivity index (χ1) is 9.35. The molecule has 110 valence electrons. The molecule has 5 nitrogen and oxygen atoms in total. The lowest BCUT2D eigenvalue weighted by Gasteiger charge is -2.20. The van der Waals surface area contributed by atoms with Gasteiger partial charge in [0.25, 0.3) is 10.2 Å². The lowest BCUT2D eigenvalue weighted by atomic mass is 10.1. The fourth-order valence-electron chi connectivity index (χ4n) is 1.69. The zero-order valence-electron chi connectivity index (χ0n) is 11.5. The molecule has 0 spiro atoms. The average molecular weight is 360 g/mol. The van der Waals surface area contributed by atoms with Crippen molar-refractivity contribution in [1.82, 2.24) is 9.03 Å². The van der Waals surface area contributed by atoms with E-state index in [0.29, 0.717) is 6.42 Å². The van der Waals surface area contributed by atoms with E-state index in [-0.39, 0.29) is 19.0 Å². The van der Waals surface area contributed by atoms with Crippen LogP contribution in [-0.4, -0.2) is 32.4 Å². The van der Waals surface area contributed by atoms with Crippen molar-refractivity contribution in [2.24, 2.45) is 0 Å². The Bertz CT molecular complexity index is 566. The minimum Gasteiger partial charge on any atom is -0.199 e. The number of benzene rings is 1. The van der Waals surface area contributed by atoms with Crippen LogP contribution in [0.5, 0.6) is 0 Å². The molecule has 0 amide bonds. The van der Waals surface area contributed by atoms with Gasteiger partial charge >= 0.3 is 0 Å². The second-order valence-corrected chi connectivity index (χ2v) is 7.31. The molecule has 0 heterocycles. The average Bonchev–Trinajstić information content (AvgIpc) is 2.37. The van der Waals surface area contributed by atoms with Crippen LogP contribution in [0.3, 0.4) is 0 Å². The maximum absolute atomic E-state index is 12.0. The van der Waals surface area contributed by atoms with Gasteiger partial charge in [0.15, 0.2) is 0 Å². The second kappa shape index (κ2) is 7.74. The lowest BCUT2D eigenvalue weighted by molar-refractivity contribution is 0.454. The first kappa shape index (κ1) is 17.1. The Morgan fingerprint density at radius 1 is 1.40 bits per heavy atom. The monoisotopic (exact) mass is 359 g/mol. The van der Waals surface area contributed by atoms with Crippen LogP contribution in [-0.2, 0) is 16.6 Å². The fourth-order valence-corrected chi connectivity index (χ4v) is 3.06. The molecule has 0 unspecified atom stereocenters. The van der Waals surface area contributed by atoms with Crippen LogP contribution in [0.25, 0.3) is 0 Å². The molecular formula is C13H18BrN3O2S. The van der Waals surface area contributed by atoms with Crippen molar-refractivity contribution in [3.63, 3.8) is 0 Å². The topological polar surface area (TPSA) is 73.2 Å². The first-order valence-corrected chi connectivity index (χ1v) is 8.43. The predicted octanol–water partition coefficient (Wildman–Crippen LogP) is 2.06. The molecular weight excluding hydrogens is 342 g/mol. The van der Waals surface area contributed by atoms with Gasteiger partial charge in [-0.2, -0.15) is 22.7 Å². The van der Waals surface area contributed by atoms with Gasteiger partial charge in [0, 0.05) is 30.5 Å². The van der Waals surface area contributed by atoms with Gasteiger partial charge in [-0.15, -0.1) is 0 Å². The second-order valence-electron chi connectivity index (χ2n) is 4.58. The minimum atomic E-state index is -3.54. The molecule has 1 atom stereocenters. The summed E-state index contributed by atoms with van der Waals surface area (Å²) in [5.74, 6) is 0. The Morgan fingerprint density at radius 2 is 2.00 bits per heavy atom. The van der Waals surface area contributed by atoms with Crippen LogP contribution in [0.2, 0.25) is 0 Å². The lowest BCUT2D eigenvalue weighted by Crippen LogP contribution is -2.43. The summed E-state index contributed by atoms with van der Waals surface area (Å²) in [7, 11) is -2.07. The number of nitriles is 1. The number of hydrogen-bond acceptors (Lipinski definition) is 3. The van der Waals surface area contributed by atoms with E-state index in [9.17, 15) is 8.42 Å². The molecule has 0 bridgehead atoms. The van der Waals surface area contributed by atoms with Crippen molar-refractivity contribution in [1.29, 1.82) is 5.26 Å². The van der Waals surface area contributed by atoms with Crippen molar-refractivity contribution in [2.45, 2.75) is 25.8 Å². The van der Waals surface area contributed by atoms with Gasteiger partial charge in [0.05, 0.1) is 6.07 Å². The van der Waals surface area contributed by atoms with Crippen LogP contribution in [0.4, 0.5) is 0 Å². The first-order valence-electron chi connectivity index (χ1n) is 6.20. The van der Waals surface area contributed by atoms with E-state index >= 15 is 0 Å². The molecule has 0 fully saturated rings. The van der Waals surface area contributed by atoms with Gasteiger partial charge in [-0.1, -0.05) is 28.1 Å². The third-order valence-corrected chi connectivity index (χ3v) is 4.99. The molecule has 0 saturated heterocycles. The zero-order valence-corrected chi connectivity index (χ0v) is 13.9. The van der Waals surface area contributed by atoms with Crippen molar-refractivity contribution in [3.05, 3.63) is 34.3 Å². The summed E-state index contributed by atoms with van der Waals surface area (Å²) >= 11 is 3.36. The summed E-state index contributed by atoms with van der Waals surface area (Å²) in [5.41, 5.74) is 1.06. The van der Waals surface area contributed by atoms with Crippen LogP contribution in [0.15, 0.2) is 28.7 Å². The molecule has 20 heavy (non-hydrogen) atoms. The number of nitrogens with zero attached hydrogens (tertiary/aromatic N) is 2. The molecule has 1 aromatic carbocycles. The van der Waals surface area contributed by atoms with E-state index in [1.165, 1.54) is 7.05 Å². The highest BCUT2D eigenvalue weighted by molar-refractivity contribution is 9.10. The van der Waals surface area contributed by atoms with Gasteiger partial charge in [-0.05, 0) is 31.0 Å². The summed E-state index contributed by atoms with van der Waals surface area (Å²) in [6.07, 6.45) is 0.789. The van der Waals surface area contributed by atoms with E-state index in [2.05, 4.69) is 20.7 Å². The highest BCUT2D eigenvalue weighted by Crippen LogP contribution is 2.12. The summed E-state index contributed by atoms with van der Waals surface area (Å²) in [6, 6.07) is 9.47. The van der Waals surface area contributed by atoms with Crippen molar-refractivity contribution in [2.75, 3.05) is 13.6 Å². The molecule has 1 N–H and O–H groups in total. The molecule has 1 rings (SSSR count). The van der Waals surface area contributed by atoms with Gasteiger partial charge in [0.2, 0.25) is 0 Å². The largest absolute Gasteiger partial charge is 0.279 e. The Kier molecular flexibility index (Phi) is 6.62. The third kappa shape index (κ3) is 5.59. The van der Waals surface area contributed by atoms with Crippen molar-refractivity contribution < 1.29 is 8.42 Å². The van der Waals surface area contributed by atoms with E-state index < -0.39 is 10.2 Å². The molecule has 7 heteroatoms. The number of rotatable bonds is 7. The number of halogens is 1. The van der Waals surface area contributed by atoms with Gasteiger partial charge in [0.1, 0.15) is 0 Å². The Balaban J connectivity index is 2.58. The summed E-state index contributed by atoms with van der Waals surface area (Å²) in [6.45, 7) is 2.01. The van der Waals surface area contributed by atoms with E-state index in [0.717, 1.165) is 14.3 Å². The minimum absolute atomic E-state index is 0.179. The van der Waals surface area contributed by atoms with Gasteiger partial charge in [-0.3, -0.25) is 0 Å². The Morgan fingerprint density at radius 3 is 2.55 bits per heavy atom. The molecule has 0 aromatic heterocycles. The van der Waals surface area contributed by atoms with E-state index in [4.69, 9.17) is 5.26 Å². The Hall–Kier alpha value is -0.940. The van der Waals surface area contributed by atoms with Crippen LogP contribution in [0.1, 0.15) is 18.9 Å². The molecule has 1 aromatic rings. The summed E-state index contributed by atoms with van der Waals surface area (Å²) in [4.78, 5) is 0. The van der Waals surface area contributed by atoms with Crippen LogP contribution >= 0.6 is 15.9 Å². The quantitative estimate of drug-likeness (QED) is 0.809. The van der Waals surface area contributed by atoms with Gasteiger partial charge < -0.3 is 0 Å². The number of nitrogens with one attached hydrogen (secondary N) is 1. The highest BCUT2D eigenvalue weighted by Gasteiger charge is 2.19. The molecule has 0 aliphatic rings. The maximum Gasteiger partial charge on any atom is 0.279 e. The summed E-state index contributed by atoms with van der Waals surface area (Å²) < 4.78 is 28.7. The van der Waals surface area contributed by atoms with Crippen molar-refractivity contribution >= 4 is 26.1 Å². The maximum atomic E-state index is 12.0. The normalized spacial score (nSPS) is 13.2. The van der Waals surface area contributed by atoms with Gasteiger partial charge in [-0.25, -0.2) is 0 Å². The smallest absolute Gasteiger partial charge is 0.199 e. The summed E-state index contributed by atoms with van der Waals surface area (Å²) in [5, 5.41) is 8.48. The molecule has 0 radical (unpaired) electrons. The SMILES string of the molecule is C[C@@H](Cc1ccc(Br)cc1)NS(=O)(=O)N(C)CCC#N. The number of hydrogen-bond donors (Lipinski definition) is 1. The standard InChI is InChI=1S/C13H18BrN3O2S/c1-11(10-12-4-6-13(14)7-5-12)16-20(18,19)17(2)9-3-8-15/h4-7,11,16H,3,9-10H2,1-2H3/t11-/m0/s1. The Labute approximate surface area is 128 Å². The van der Waals surface area contributed by atoms with Crippen molar-refractivity contribution in [3.8, 4) is 6.07 Å². The third-order valence-electron chi connectivity index (χ3n) is 2.75. The van der Waals surface area contributed by atoms with E-state index in [1.807, 2.05) is 37.3 Å². The predicted molar refractivity (Wildman–Crippen MR) is 82.2 cm³/mol. The highest BCUT2D eigenvalue weighted by atomic mass is 79.9. The molecule has 0 aliphatic heterocycles. The zero-order chi connectivity index (χ0) is 15.2. The fraction of sp³-hybridized carbons (Fsp3) is 0.462. The van der Waals surface area contributed by atoms with Crippen LogP contribution < -0.4 is 4.72 Å². The molecule has 0 aliphatic carbocycles.